The van der Waals surface area contributed by atoms with Crippen molar-refractivity contribution in [2.24, 2.45) is 0 Å². The van der Waals surface area contributed by atoms with Crippen LogP contribution in [0.1, 0.15) is 145 Å². The molecule has 9 rings (SSSR count). The maximum Gasteiger partial charge on any atom is 0.225 e. The molecule has 2 aromatic heterocycles. The van der Waals surface area contributed by atoms with Crippen molar-refractivity contribution in [1.82, 2.24) is 18.7 Å². The van der Waals surface area contributed by atoms with E-state index in [9.17, 15) is 0 Å². The molecule has 7 aromatic rings. The van der Waals surface area contributed by atoms with Gasteiger partial charge in [0, 0.05) is 68.5 Å². The number of pyridine rings is 1. The van der Waals surface area contributed by atoms with E-state index in [1.54, 1.807) is 0 Å². The Balaban J connectivity index is 0.00000560. The molecule has 0 N–H and O–H groups in total. The topological polar surface area (TPSA) is 27.1 Å². The van der Waals surface area contributed by atoms with Crippen LogP contribution in [0.2, 0.25) is 0 Å². The Hall–Kier alpha value is -4.54. The van der Waals surface area contributed by atoms with Crippen LogP contribution in [-0.4, -0.2) is 9.55 Å². The minimum Gasteiger partial charge on any atom is -0.509 e. The Morgan fingerprint density at radius 1 is 0.562 bits per heavy atom. The van der Waals surface area contributed by atoms with Gasteiger partial charge in [0.1, 0.15) is 5.82 Å². The summed E-state index contributed by atoms with van der Waals surface area (Å²) in [5.41, 5.74) is 13.4. The van der Waals surface area contributed by atoms with Gasteiger partial charge in [0.25, 0.3) is 0 Å². The summed E-state index contributed by atoms with van der Waals surface area (Å²) in [6, 6.07) is 44.2. The molecule has 0 spiro atoms. The molecule has 1 fully saturated rings. The van der Waals surface area contributed by atoms with Crippen molar-refractivity contribution >= 4 is 44.6 Å². The van der Waals surface area contributed by atoms with E-state index in [0.29, 0.717) is 20.7 Å². The van der Waals surface area contributed by atoms with Gasteiger partial charge >= 0.3 is 0 Å². The van der Waals surface area contributed by atoms with Crippen molar-refractivity contribution < 1.29 is 25.8 Å². The molecule has 2 atom stereocenters. The number of rotatable bonds is 8. The smallest absolute Gasteiger partial charge is 0.225 e. The standard InChI is InChI=1S/C58H67N4O.Pt/c1-16-58(15,17-2)41-19-18-20-43(29-41)61-37-62(61,51-26-22-39(33-52(51)61)55(6,7)8)44-30-42(57(12,13)14)31-46(35-44)63-45-23-25-48-47-24-21-38(54(3,4)5)32-49(47)60(50(48)36-45)53-34-40(27-28-59-53)56(9,10)11;/h18-34,37H,16-17H2,1-15H3;/q-1;/t61-,62?;/m0./s1. The summed E-state index contributed by atoms with van der Waals surface area (Å²) >= 11 is 0. The molecule has 336 valence electrons. The fraction of sp³-hybridized carbons (Fsp3) is 0.379. The zero-order chi connectivity index (χ0) is 45.3. The molecular formula is C58H67N4OPt-. The summed E-state index contributed by atoms with van der Waals surface area (Å²) in [6.45, 7) is 36.8. The molecule has 4 heterocycles. The number of nitrogens with zero attached hydrogens (tertiary/aromatic N) is 4. The summed E-state index contributed by atoms with van der Waals surface area (Å²) < 4.78 is 10.4. The van der Waals surface area contributed by atoms with Crippen LogP contribution in [-0.2, 0) is 48.1 Å². The van der Waals surface area contributed by atoms with Crippen LogP contribution in [0.5, 0.6) is 11.5 Å². The van der Waals surface area contributed by atoms with Crippen molar-refractivity contribution in [2.45, 2.75) is 144 Å². The van der Waals surface area contributed by atoms with Crippen LogP contribution >= 0.6 is 0 Å². The summed E-state index contributed by atoms with van der Waals surface area (Å²) in [4.78, 5) is 4.98. The Morgan fingerprint density at radius 2 is 1.19 bits per heavy atom. The minimum atomic E-state index is -0.145. The average Bonchev–Trinajstić information content (AvgIpc) is 3.72. The molecule has 2 aliphatic heterocycles. The van der Waals surface area contributed by atoms with Crippen LogP contribution in [0.25, 0.3) is 27.6 Å². The van der Waals surface area contributed by atoms with Gasteiger partial charge in [-0.1, -0.05) is 146 Å². The molecule has 64 heavy (non-hydrogen) atoms. The summed E-state index contributed by atoms with van der Waals surface area (Å²) in [6.07, 6.45) is 4.11. The first-order chi connectivity index (χ1) is 29.4. The molecular weight excluding hydrogens is 964 g/mol. The summed E-state index contributed by atoms with van der Waals surface area (Å²) in [7, 11) is 0. The monoisotopic (exact) mass is 1030 g/mol. The maximum absolute atomic E-state index is 7.00. The fourth-order valence-electron chi connectivity index (χ4n) is 9.70. The van der Waals surface area contributed by atoms with E-state index in [-0.39, 0.29) is 48.1 Å². The third-order valence-corrected chi connectivity index (χ3v) is 14.5. The van der Waals surface area contributed by atoms with Gasteiger partial charge in [-0.15, -0.1) is 35.2 Å². The second-order valence-corrected chi connectivity index (χ2v) is 22.8. The van der Waals surface area contributed by atoms with E-state index in [0.717, 1.165) is 40.8 Å². The fourth-order valence-corrected chi connectivity index (χ4v) is 9.70. The number of benzene rings is 5. The molecule has 1 unspecified atom stereocenters. The van der Waals surface area contributed by atoms with Gasteiger partial charge < -0.3 is 9.30 Å². The van der Waals surface area contributed by atoms with Gasteiger partial charge in [0.2, 0.25) is 11.4 Å². The first kappa shape index (κ1) is 46.0. The number of ether oxygens (including phenoxy) is 1. The number of quaternary nitrogens is 2. The first-order valence-electron chi connectivity index (χ1n) is 23.1. The molecule has 2 aliphatic rings. The quantitative estimate of drug-likeness (QED) is 0.0862. The van der Waals surface area contributed by atoms with Crippen molar-refractivity contribution in [3.05, 3.63) is 150 Å². The van der Waals surface area contributed by atoms with E-state index >= 15 is 0 Å². The second kappa shape index (κ2) is 15.3. The average molecular weight is 1030 g/mol. The van der Waals surface area contributed by atoms with Crippen LogP contribution in [0.15, 0.2) is 103 Å². The van der Waals surface area contributed by atoms with Crippen molar-refractivity contribution in [3.8, 4) is 17.3 Å². The molecule has 5 nitrogen and oxygen atoms in total. The zero-order valence-electron chi connectivity index (χ0n) is 40.8. The Kier molecular flexibility index (Phi) is 11.0. The molecule has 6 heteroatoms. The van der Waals surface area contributed by atoms with E-state index < -0.39 is 0 Å². The number of fused-ring (bicyclic) bond motifs is 7. The van der Waals surface area contributed by atoms with Crippen molar-refractivity contribution in [1.29, 1.82) is 0 Å². The molecule has 5 aromatic carbocycles. The van der Waals surface area contributed by atoms with E-state index in [4.69, 9.17) is 9.72 Å². The van der Waals surface area contributed by atoms with Crippen molar-refractivity contribution in [2.75, 3.05) is 0 Å². The van der Waals surface area contributed by atoms with Gasteiger partial charge in [0.15, 0.2) is 12.4 Å². The summed E-state index contributed by atoms with van der Waals surface area (Å²) in [5, 5.41) is 2.28. The predicted octanol–water partition coefficient (Wildman–Crippen LogP) is 16.2. The van der Waals surface area contributed by atoms with E-state index in [1.165, 1.54) is 50.3 Å². The maximum atomic E-state index is 7.00. The molecule has 0 bridgehead atoms. The zero-order valence-corrected chi connectivity index (χ0v) is 43.1. The van der Waals surface area contributed by atoms with Crippen LogP contribution in [0, 0.1) is 18.8 Å². The Bertz CT molecular complexity index is 2950. The minimum absolute atomic E-state index is 0. The summed E-state index contributed by atoms with van der Waals surface area (Å²) in [5.74, 6) is 2.20. The van der Waals surface area contributed by atoms with Gasteiger partial charge in [-0.05, 0) is 85.8 Å². The van der Waals surface area contributed by atoms with Gasteiger partial charge in [-0.25, -0.2) is 9.58 Å². The van der Waals surface area contributed by atoms with E-state index in [2.05, 4.69) is 224 Å². The predicted molar refractivity (Wildman–Crippen MR) is 266 cm³/mol. The van der Waals surface area contributed by atoms with Crippen LogP contribution in [0.3, 0.4) is 0 Å². The molecule has 0 amide bonds. The number of hydrogen-bond donors (Lipinski definition) is 0. The van der Waals surface area contributed by atoms with Gasteiger partial charge in [-0.3, -0.25) is 0 Å². The number of aromatic nitrogens is 2. The third-order valence-electron chi connectivity index (χ3n) is 14.5. The molecule has 0 radical (unpaired) electrons. The number of hydrogen-bond acceptors (Lipinski definition) is 2. The molecule has 0 saturated carbocycles. The van der Waals surface area contributed by atoms with Crippen molar-refractivity contribution in [3.63, 3.8) is 0 Å². The van der Waals surface area contributed by atoms with Gasteiger partial charge in [0.05, 0.1) is 5.69 Å². The van der Waals surface area contributed by atoms with E-state index in [1.807, 2.05) is 6.20 Å². The Morgan fingerprint density at radius 3 is 1.84 bits per heavy atom. The van der Waals surface area contributed by atoms with Crippen LogP contribution < -0.4 is 13.9 Å². The first-order valence-corrected chi connectivity index (χ1v) is 23.1. The SMILES string of the molecule is CCC(C)(CC)c1cccc([N@+]23[CH-][N+]2(c2[c-]c(Oc4[c-]c5c(cc4)c4ccc(C(C)(C)C)cc4n5-c4cc(C(C)(C)C)ccn4)cc(C(C)(C)C)c2)c2ccc(C(C)(C)C)cc23)c1.[Pt]. The molecule has 0 aliphatic carbocycles. The largest absolute Gasteiger partial charge is 0.509 e. The van der Waals surface area contributed by atoms with Crippen LogP contribution in [0.4, 0.5) is 22.7 Å². The van der Waals surface area contributed by atoms with Gasteiger partial charge in [-0.2, -0.15) is 10.7 Å². The Labute approximate surface area is 397 Å². The second-order valence-electron chi connectivity index (χ2n) is 22.8. The normalized spacial score (nSPS) is 18.6. The molecule has 1 saturated heterocycles. The third kappa shape index (κ3) is 7.20.